The smallest absolute Gasteiger partial charge is 0.383 e. The molecule has 4 heteroatoms. The summed E-state index contributed by atoms with van der Waals surface area (Å²) in [4.78, 5) is 0. The summed E-state index contributed by atoms with van der Waals surface area (Å²) in [6.07, 6.45) is 5.15. The van der Waals surface area contributed by atoms with Crippen LogP contribution in [0.25, 0.3) is 0 Å². The predicted octanol–water partition coefficient (Wildman–Crippen LogP) is 2.53. The van der Waals surface area contributed by atoms with Crippen LogP contribution in [0, 0.1) is 0 Å². The molecule has 0 aromatic heterocycles. The van der Waals surface area contributed by atoms with Gasteiger partial charge in [0.1, 0.15) is 0 Å². The minimum absolute atomic E-state index is 0.281. The van der Waals surface area contributed by atoms with E-state index in [2.05, 4.69) is 0 Å². The normalized spacial score (nSPS) is 30.0. The van der Waals surface area contributed by atoms with Crippen LogP contribution in [0.2, 0.25) is 0 Å². The van der Waals surface area contributed by atoms with Gasteiger partial charge in [0.2, 0.25) is 0 Å². The molecule has 1 aliphatic heterocycles. The predicted molar refractivity (Wildman–Crippen MR) is 59.4 cm³/mol. The molecule has 0 N–H and O–H groups in total. The van der Waals surface area contributed by atoms with Crippen molar-refractivity contribution in [2.75, 3.05) is 0 Å². The average molecular weight is 212 g/mol. The van der Waals surface area contributed by atoms with Crippen molar-refractivity contribution in [3.05, 3.63) is 0 Å². The second kappa shape index (κ2) is 3.76. The van der Waals surface area contributed by atoms with E-state index in [0.29, 0.717) is 6.10 Å². The van der Waals surface area contributed by atoms with Crippen LogP contribution >= 0.6 is 0 Å². The maximum atomic E-state index is 5.80. The molecule has 2 rings (SSSR count). The van der Waals surface area contributed by atoms with Crippen LogP contribution in [-0.4, -0.2) is 24.6 Å². The number of rotatable bonds is 2. The molecular weight excluding hydrogens is 191 g/mol. The summed E-state index contributed by atoms with van der Waals surface area (Å²) < 4.78 is 17.4. The van der Waals surface area contributed by atoms with Gasteiger partial charge in [-0.25, -0.2) is 0 Å². The van der Waals surface area contributed by atoms with Gasteiger partial charge in [-0.15, -0.1) is 0 Å². The highest BCUT2D eigenvalue weighted by Gasteiger charge is 2.53. The molecular formula is C11H21BO3. The van der Waals surface area contributed by atoms with Crippen molar-refractivity contribution in [3.8, 4) is 0 Å². The van der Waals surface area contributed by atoms with E-state index >= 15 is 0 Å². The molecule has 0 aromatic carbocycles. The Labute approximate surface area is 92.6 Å². The molecule has 2 fully saturated rings. The van der Waals surface area contributed by atoms with E-state index in [1.165, 1.54) is 12.8 Å². The van der Waals surface area contributed by atoms with Gasteiger partial charge < -0.3 is 14.0 Å². The lowest BCUT2D eigenvalue weighted by Crippen LogP contribution is -2.41. The lowest BCUT2D eigenvalue weighted by Gasteiger charge is -2.31. The van der Waals surface area contributed by atoms with E-state index < -0.39 is 7.32 Å². The van der Waals surface area contributed by atoms with Crippen LogP contribution in [0.3, 0.4) is 0 Å². The fraction of sp³-hybridized carbons (Fsp3) is 1.00. The molecule has 1 saturated carbocycles. The zero-order valence-electron chi connectivity index (χ0n) is 10.2. The second-order valence-electron chi connectivity index (χ2n) is 5.59. The first-order chi connectivity index (χ1) is 6.91. The summed E-state index contributed by atoms with van der Waals surface area (Å²) in [5, 5.41) is 0. The van der Waals surface area contributed by atoms with Gasteiger partial charge in [-0.1, -0.05) is 12.8 Å². The lowest BCUT2D eigenvalue weighted by atomic mass is 9.90. The van der Waals surface area contributed by atoms with Gasteiger partial charge >= 0.3 is 7.32 Å². The van der Waals surface area contributed by atoms with Crippen LogP contribution in [0.5, 0.6) is 0 Å². The monoisotopic (exact) mass is 212 g/mol. The van der Waals surface area contributed by atoms with Crippen LogP contribution < -0.4 is 0 Å². The quantitative estimate of drug-likeness (QED) is 0.658. The largest absolute Gasteiger partial charge is 0.640 e. The minimum atomic E-state index is -0.474. The molecule has 1 saturated heterocycles. The van der Waals surface area contributed by atoms with Crippen molar-refractivity contribution >= 4 is 7.32 Å². The highest BCUT2D eigenvalue weighted by Crippen LogP contribution is 2.38. The Morgan fingerprint density at radius 1 is 1.00 bits per heavy atom. The summed E-state index contributed by atoms with van der Waals surface area (Å²) in [6, 6.07) is 0. The maximum absolute atomic E-state index is 5.80. The summed E-state index contributed by atoms with van der Waals surface area (Å²) in [5.74, 6) is 0. The van der Waals surface area contributed by atoms with Gasteiger partial charge in [-0.2, -0.15) is 0 Å². The van der Waals surface area contributed by atoms with E-state index in [1.807, 2.05) is 27.7 Å². The molecule has 0 spiro atoms. The third-order valence-corrected chi connectivity index (χ3v) is 3.84. The fourth-order valence-electron chi connectivity index (χ4n) is 2.03. The molecule has 0 radical (unpaired) electrons. The van der Waals surface area contributed by atoms with E-state index in [-0.39, 0.29) is 11.2 Å². The molecule has 0 bridgehead atoms. The van der Waals surface area contributed by atoms with Crippen molar-refractivity contribution in [3.63, 3.8) is 0 Å². The van der Waals surface area contributed by atoms with Crippen LogP contribution in [0.4, 0.5) is 0 Å². The summed E-state index contributed by atoms with van der Waals surface area (Å²) in [7, 11) is -0.474. The summed E-state index contributed by atoms with van der Waals surface area (Å²) in [5.41, 5.74) is -0.563. The highest BCUT2D eigenvalue weighted by atomic mass is 16.8. The van der Waals surface area contributed by atoms with Crippen molar-refractivity contribution < 1.29 is 14.0 Å². The number of hydrogen-bond donors (Lipinski definition) is 0. The van der Waals surface area contributed by atoms with Gasteiger partial charge in [-0.3, -0.25) is 0 Å². The van der Waals surface area contributed by atoms with Crippen molar-refractivity contribution in [2.45, 2.75) is 70.7 Å². The molecule has 0 atom stereocenters. The zero-order valence-corrected chi connectivity index (χ0v) is 10.2. The standard InChI is InChI=1S/C11H21BO3/c1-10(2)11(3,4)15-12(14-10)13-9-7-5-6-8-9/h9H,5-8H2,1-4H3. The molecule has 0 amide bonds. The third kappa shape index (κ3) is 2.22. The topological polar surface area (TPSA) is 27.7 Å². The van der Waals surface area contributed by atoms with Crippen molar-refractivity contribution in [1.29, 1.82) is 0 Å². The van der Waals surface area contributed by atoms with Gasteiger partial charge in [0.05, 0.1) is 11.2 Å². The van der Waals surface area contributed by atoms with E-state index in [0.717, 1.165) is 12.8 Å². The first-order valence-corrected chi connectivity index (χ1v) is 5.92. The second-order valence-corrected chi connectivity index (χ2v) is 5.59. The van der Waals surface area contributed by atoms with Crippen molar-refractivity contribution in [2.24, 2.45) is 0 Å². The van der Waals surface area contributed by atoms with Gasteiger partial charge in [0.15, 0.2) is 0 Å². The van der Waals surface area contributed by atoms with E-state index in [1.54, 1.807) is 0 Å². The van der Waals surface area contributed by atoms with Crippen LogP contribution in [0.15, 0.2) is 0 Å². The molecule has 15 heavy (non-hydrogen) atoms. The Kier molecular flexibility index (Phi) is 2.86. The molecule has 86 valence electrons. The Morgan fingerprint density at radius 3 is 1.93 bits per heavy atom. The Hall–Kier alpha value is -0.0551. The molecule has 3 nitrogen and oxygen atoms in total. The van der Waals surface area contributed by atoms with Crippen LogP contribution in [-0.2, 0) is 14.0 Å². The average Bonchev–Trinajstić information content (AvgIpc) is 2.59. The summed E-state index contributed by atoms with van der Waals surface area (Å²) >= 11 is 0. The van der Waals surface area contributed by atoms with Crippen LogP contribution in [0.1, 0.15) is 53.4 Å². The third-order valence-electron chi connectivity index (χ3n) is 3.84. The van der Waals surface area contributed by atoms with Gasteiger partial charge in [-0.05, 0) is 40.5 Å². The minimum Gasteiger partial charge on any atom is -0.383 e. The fourth-order valence-corrected chi connectivity index (χ4v) is 2.03. The number of hydrogen-bond acceptors (Lipinski definition) is 3. The van der Waals surface area contributed by atoms with Gasteiger partial charge in [0, 0.05) is 6.10 Å². The van der Waals surface area contributed by atoms with E-state index in [4.69, 9.17) is 14.0 Å². The molecule has 1 aliphatic carbocycles. The summed E-state index contributed by atoms with van der Waals surface area (Å²) in [6.45, 7) is 8.19. The Morgan fingerprint density at radius 2 is 1.47 bits per heavy atom. The Balaban J connectivity index is 1.91. The lowest BCUT2D eigenvalue weighted by molar-refractivity contribution is 0.00578. The van der Waals surface area contributed by atoms with Crippen molar-refractivity contribution in [1.82, 2.24) is 0 Å². The Bertz CT molecular complexity index is 218. The SMILES string of the molecule is CC1(C)OB(OC2CCCC2)OC1(C)C. The molecule has 1 heterocycles. The zero-order chi connectivity index (χ0) is 11.1. The molecule has 0 aromatic rings. The molecule has 2 aliphatic rings. The molecule has 0 unspecified atom stereocenters. The highest BCUT2D eigenvalue weighted by molar-refractivity contribution is 6.37. The van der Waals surface area contributed by atoms with Gasteiger partial charge in [0.25, 0.3) is 0 Å². The van der Waals surface area contributed by atoms with E-state index in [9.17, 15) is 0 Å². The first kappa shape index (κ1) is 11.4. The maximum Gasteiger partial charge on any atom is 0.640 e. The first-order valence-electron chi connectivity index (χ1n) is 5.92.